The molecule has 0 heterocycles. The van der Waals surface area contributed by atoms with Gasteiger partial charge >= 0.3 is 0 Å². The van der Waals surface area contributed by atoms with Crippen molar-refractivity contribution in [2.75, 3.05) is 20.2 Å². The van der Waals surface area contributed by atoms with Gasteiger partial charge in [-0.15, -0.1) is 0 Å². The highest BCUT2D eigenvalue weighted by Gasteiger charge is 2.16. The molecule has 130 valence electrons. The smallest absolute Gasteiger partial charge is 0.132 e. The zero-order valence-corrected chi connectivity index (χ0v) is 15.5. The van der Waals surface area contributed by atoms with Gasteiger partial charge in [-0.2, -0.15) is 0 Å². The van der Waals surface area contributed by atoms with Crippen molar-refractivity contribution in [3.63, 3.8) is 0 Å². The van der Waals surface area contributed by atoms with Crippen LogP contribution in [-0.2, 0) is 4.79 Å². The summed E-state index contributed by atoms with van der Waals surface area (Å²) in [5.74, 6) is 1.32. The topological polar surface area (TPSA) is 29.5 Å². The Balaban J connectivity index is 2.58. The van der Waals surface area contributed by atoms with Gasteiger partial charge in [-0.1, -0.05) is 26.3 Å². The fourth-order valence-corrected chi connectivity index (χ4v) is 3.04. The summed E-state index contributed by atoms with van der Waals surface area (Å²) in [6, 6.07) is 6.64. The average Bonchev–Trinajstić information content (AvgIpc) is 2.56. The molecule has 23 heavy (non-hydrogen) atoms. The first-order valence-corrected chi connectivity index (χ1v) is 8.93. The number of ketones is 1. The van der Waals surface area contributed by atoms with E-state index in [0.717, 1.165) is 44.5 Å². The minimum Gasteiger partial charge on any atom is -0.497 e. The Bertz CT molecular complexity index is 485. The summed E-state index contributed by atoms with van der Waals surface area (Å²) in [7, 11) is 1.70. The second-order valence-electron chi connectivity index (χ2n) is 6.27. The molecule has 1 aromatic carbocycles. The van der Waals surface area contributed by atoms with Gasteiger partial charge in [0.2, 0.25) is 0 Å². The van der Waals surface area contributed by atoms with Gasteiger partial charge in [0.15, 0.2) is 0 Å². The molecule has 1 aromatic rings. The van der Waals surface area contributed by atoms with Gasteiger partial charge in [-0.25, -0.2) is 0 Å². The average molecular weight is 319 g/mol. The molecule has 1 atom stereocenters. The van der Waals surface area contributed by atoms with Crippen LogP contribution in [0.4, 0.5) is 0 Å². The quantitative estimate of drug-likeness (QED) is 0.579. The fraction of sp³-hybridized carbons (Fsp3) is 0.650. The Kier molecular flexibility index (Phi) is 8.93. The van der Waals surface area contributed by atoms with Crippen LogP contribution in [-0.4, -0.2) is 30.9 Å². The van der Waals surface area contributed by atoms with Crippen molar-refractivity contribution in [1.82, 2.24) is 4.90 Å². The lowest BCUT2D eigenvalue weighted by molar-refractivity contribution is -0.119. The van der Waals surface area contributed by atoms with Crippen LogP contribution in [0, 0.1) is 6.92 Å². The van der Waals surface area contributed by atoms with E-state index >= 15 is 0 Å². The van der Waals surface area contributed by atoms with Gasteiger partial charge in [0, 0.05) is 18.9 Å². The normalized spacial score (nSPS) is 12.4. The fourth-order valence-electron chi connectivity index (χ4n) is 3.04. The van der Waals surface area contributed by atoms with Crippen LogP contribution in [0.15, 0.2) is 18.2 Å². The molecule has 0 bridgehead atoms. The molecule has 0 radical (unpaired) electrons. The molecule has 0 saturated carbocycles. The third kappa shape index (κ3) is 6.34. The molecule has 0 spiro atoms. The number of rotatable bonds is 11. The van der Waals surface area contributed by atoms with Crippen molar-refractivity contribution in [3.8, 4) is 5.75 Å². The predicted octanol–water partition coefficient (Wildman–Crippen LogP) is 4.93. The molecule has 0 N–H and O–H groups in total. The van der Waals surface area contributed by atoms with E-state index in [2.05, 4.69) is 44.7 Å². The SMILES string of the molecule is CCCCC(=O)CCCN(CC)C(C)c1ccc(OC)cc1C. The van der Waals surface area contributed by atoms with Crippen LogP contribution in [0.3, 0.4) is 0 Å². The molecule has 1 unspecified atom stereocenters. The largest absolute Gasteiger partial charge is 0.497 e. The van der Waals surface area contributed by atoms with E-state index in [1.165, 1.54) is 11.1 Å². The monoisotopic (exact) mass is 319 g/mol. The molecule has 0 fully saturated rings. The van der Waals surface area contributed by atoms with Crippen LogP contribution < -0.4 is 4.74 Å². The van der Waals surface area contributed by atoms with E-state index in [1.54, 1.807) is 7.11 Å². The first-order valence-electron chi connectivity index (χ1n) is 8.93. The second-order valence-corrected chi connectivity index (χ2v) is 6.27. The zero-order valence-electron chi connectivity index (χ0n) is 15.5. The minimum atomic E-state index is 0.358. The highest BCUT2D eigenvalue weighted by Crippen LogP contribution is 2.26. The van der Waals surface area contributed by atoms with Gasteiger partial charge < -0.3 is 4.74 Å². The van der Waals surface area contributed by atoms with Crippen molar-refractivity contribution >= 4 is 5.78 Å². The lowest BCUT2D eigenvalue weighted by atomic mass is 10.0. The van der Waals surface area contributed by atoms with E-state index in [9.17, 15) is 4.79 Å². The van der Waals surface area contributed by atoms with Crippen LogP contribution in [0.2, 0.25) is 0 Å². The molecular formula is C20H33NO2. The zero-order chi connectivity index (χ0) is 17.2. The van der Waals surface area contributed by atoms with Crippen molar-refractivity contribution in [2.24, 2.45) is 0 Å². The Morgan fingerprint density at radius 3 is 2.48 bits per heavy atom. The Labute approximate surface area is 142 Å². The summed E-state index contributed by atoms with van der Waals surface area (Å²) < 4.78 is 5.29. The summed E-state index contributed by atoms with van der Waals surface area (Å²) in [5, 5.41) is 0. The van der Waals surface area contributed by atoms with E-state index in [0.29, 0.717) is 18.2 Å². The number of carbonyl (C=O) groups excluding carboxylic acids is 1. The van der Waals surface area contributed by atoms with Crippen molar-refractivity contribution in [3.05, 3.63) is 29.3 Å². The predicted molar refractivity (Wildman–Crippen MR) is 97.2 cm³/mol. The number of hydrogen-bond acceptors (Lipinski definition) is 3. The number of Topliss-reactive ketones (excluding diaryl/α,β-unsaturated/α-hetero) is 1. The maximum Gasteiger partial charge on any atom is 0.132 e. The summed E-state index contributed by atoms with van der Waals surface area (Å²) in [4.78, 5) is 14.3. The molecule has 3 heteroatoms. The molecule has 1 rings (SSSR count). The van der Waals surface area contributed by atoms with Crippen molar-refractivity contribution in [2.45, 2.75) is 65.8 Å². The van der Waals surface area contributed by atoms with Crippen LogP contribution in [0.25, 0.3) is 0 Å². The maximum atomic E-state index is 11.8. The third-order valence-electron chi connectivity index (χ3n) is 4.59. The lowest BCUT2D eigenvalue weighted by Gasteiger charge is -2.29. The standard InChI is InChI=1S/C20H33NO2/c1-6-8-10-18(22)11-9-14-21(7-2)17(4)20-13-12-19(23-5)15-16(20)3/h12-13,15,17H,6-11,14H2,1-5H3. The molecule has 0 aliphatic heterocycles. The number of methoxy groups -OCH3 is 1. The van der Waals surface area contributed by atoms with Crippen LogP contribution in [0.5, 0.6) is 5.75 Å². The van der Waals surface area contributed by atoms with Crippen molar-refractivity contribution in [1.29, 1.82) is 0 Å². The summed E-state index contributed by atoms with van der Waals surface area (Å²) in [5.41, 5.74) is 2.60. The molecule has 0 aromatic heterocycles. The summed E-state index contributed by atoms with van der Waals surface area (Å²) >= 11 is 0. The number of carbonyl (C=O) groups is 1. The number of hydrogen-bond donors (Lipinski definition) is 0. The van der Waals surface area contributed by atoms with Gasteiger partial charge in [0.05, 0.1) is 7.11 Å². The van der Waals surface area contributed by atoms with E-state index in [1.807, 2.05) is 6.07 Å². The number of unbranched alkanes of at least 4 members (excludes halogenated alkanes) is 1. The van der Waals surface area contributed by atoms with E-state index in [-0.39, 0.29) is 0 Å². The molecule has 0 aliphatic carbocycles. The molecule has 0 amide bonds. The van der Waals surface area contributed by atoms with Crippen molar-refractivity contribution < 1.29 is 9.53 Å². The Morgan fingerprint density at radius 2 is 1.91 bits per heavy atom. The van der Waals surface area contributed by atoms with Gasteiger partial charge in [0.25, 0.3) is 0 Å². The second kappa shape index (κ2) is 10.4. The van der Waals surface area contributed by atoms with E-state index < -0.39 is 0 Å². The number of nitrogens with zero attached hydrogens (tertiary/aromatic N) is 1. The minimum absolute atomic E-state index is 0.358. The number of aryl methyl sites for hydroxylation is 1. The summed E-state index contributed by atoms with van der Waals surface area (Å²) in [6.07, 6.45) is 4.54. The molecular weight excluding hydrogens is 286 g/mol. The lowest BCUT2D eigenvalue weighted by Crippen LogP contribution is -2.28. The highest BCUT2D eigenvalue weighted by atomic mass is 16.5. The van der Waals surface area contributed by atoms with Crippen LogP contribution >= 0.6 is 0 Å². The molecule has 0 saturated heterocycles. The van der Waals surface area contributed by atoms with Crippen LogP contribution in [0.1, 0.15) is 70.0 Å². The first-order chi connectivity index (χ1) is 11.0. The summed E-state index contributed by atoms with van der Waals surface area (Å²) in [6.45, 7) is 10.7. The highest BCUT2D eigenvalue weighted by molar-refractivity contribution is 5.78. The van der Waals surface area contributed by atoms with Gasteiger partial charge in [0.1, 0.15) is 11.5 Å². The molecule has 0 aliphatic rings. The van der Waals surface area contributed by atoms with Gasteiger partial charge in [-0.3, -0.25) is 9.69 Å². The number of benzene rings is 1. The Morgan fingerprint density at radius 1 is 1.22 bits per heavy atom. The van der Waals surface area contributed by atoms with E-state index in [4.69, 9.17) is 4.74 Å². The number of ether oxygens (including phenoxy) is 1. The maximum absolute atomic E-state index is 11.8. The first kappa shape index (κ1) is 19.7. The van der Waals surface area contributed by atoms with Gasteiger partial charge in [-0.05, 0) is 63.0 Å². The third-order valence-corrected chi connectivity index (χ3v) is 4.59. The molecule has 3 nitrogen and oxygen atoms in total. The Hall–Kier alpha value is -1.35.